The van der Waals surface area contributed by atoms with Crippen LogP contribution in [0, 0.1) is 11.8 Å². The van der Waals surface area contributed by atoms with E-state index in [1.807, 2.05) is 29.2 Å². The number of rotatable bonds is 4. The van der Waals surface area contributed by atoms with Crippen LogP contribution in [0.3, 0.4) is 0 Å². The van der Waals surface area contributed by atoms with Crippen LogP contribution in [0.15, 0.2) is 42.9 Å². The van der Waals surface area contributed by atoms with Crippen molar-refractivity contribution < 1.29 is 4.79 Å². The highest BCUT2D eigenvalue weighted by molar-refractivity contribution is 5.78. The fraction of sp³-hybridized carbons (Fsp3) is 0.500. The standard InChI is InChI=1S/C20H25N5O/c26-19(14-18-4-1-2-8-21-18)25-13-7-17(15-25)16-5-11-24(12-6-16)20-22-9-3-10-23-20/h1-4,8-10,16-17H,5-7,11-15H2. The molecule has 2 saturated heterocycles. The number of pyridine rings is 1. The second kappa shape index (κ2) is 7.81. The second-order valence-corrected chi connectivity index (χ2v) is 7.26. The fourth-order valence-corrected chi connectivity index (χ4v) is 4.19. The topological polar surface area (TPSA) is 62.2 Å². The molecule has 0 spiro atoms. The number of amides is 1. The maximum atomic E-state index is 12.5. The van der Waals surface area contributed by atoms with E-state index >= 15 is 0 Å². The van der Waals surface area contributed by atoms with Gasteiger partial charge < -0.3 is 9.80 Å². The zero-order valence-electron chi connectivity index (χ0n) is 15.0. The number of hydrogen-bond donors (Lipinski definition) is 0. The van der Waals surface area contributed by atoms with Gasteiger partial charge in [-0.2, -0.15) is 0 Å². The molecule has 0 bridgehead atoms. The van der Waals surface area contributed by atoms with E-state index in [1.165, 1.54) is 0 Å². The van der Waals surface area contributed by atoms with E-state index in [9.17, 15) is 4.79 Å². The van der Waals surface area contributed by atoms with Crippen LogP contribution < -0.4 is 4.90 Å². The molecular weight excluding hydrogens is 326 g/mol. The summed E-state index contributed by atoms with van der Waals surface area (Å²) in [6.07, 6.45) is 9.21. The summed E-state index contributed by atoms with van der Waals surface area (Å²) < 4.78 is 0. The predicted octanol–water partition coefficient (Wildman–Crippen LogP) is 2.18. The lowest BCUT2D eigenvalue weighted by Gasteiger charge is -2.34. The Balaban J connectivity index is 1.27. The average Bonchev–Trinajstić information content (AvgIpc) is 3.20. The number of aromatic nitrogens is 3. The molecule has 2 aromatic heterocycles. The zero-order chi connectivity index (χ0) is 17.8. The Morgan fingerprint density at radius 1 is 0.923 bits per heavy atom. The summed E-state index contributed by atoms with van der Waals surface area (Å²) in [4.78, 5) is 29.8. The summed E-state index contributed by atoms with van der Waals surface area (Å²) in [6.45, 7) is 3.80. The zero-order valence-corrected chi connectivity index (χ0v) is 15.0. The van der Waals surface area contributed by atoms with Gasteiger partial charge >= 0.3 is 0 Å². The van der Waals surface area contributed by atoms with Gasteiger partial charge in [-0.25, -0.2) is 9.97 Å². The van der Waals surface area contributed by atoms with Crippen molar-refractivity contribution in [2.24, 2.45) is 11.8 Å². The van der Waals surface area contributed by atoms with Crippen molar-refractivity contribution in [2.45, 2.75) is 25.7 Å². The van der Waals surface area contributed by atoms with Gasteiger partial charge in [0.25, 0.3) is 0 Å². The fourth-order valence-electron chi connectivity index (χ4n) is 4.19. The first-order chi connectivity index (χ1) is 12.8. The van der Waals surface area contributed by atoms with Gasteiger partial charge in [0, 0.05) is 50.5 Å². The molecule has 6 nitrogen and oxygen atoms in total. The molecule has 136 valence electrons. The third-order valence-corrected chi connectivity index (χ3v) is 5.68. The third kappa shape index (κ3) is 3.84. The number of likely N-dealkylation sites (tertiary alicyclic amines) is 1. The van der Waals surface area contributed by atoms with Crippen LogP contribution in [0.4, 0.5) is 5.95 Å². The van der Waals surface area contributed by atoms with Gasteiger partial charge in [-0.05, 0) is 49.3 Å². The molecule has 2 aliphatic rings. The summed E-state index contributed by atoms with van der Waals surface area (Å²) in [7, 11) is 0. The summed E-state index contributed by atoms with van der Waals surface area (Å²) in [5.41, 5.74) is 0.858. The van der Waals surface area contributed by atoms with E-state index in [0.29, 0.717) is 18.3 Å². The number of anilines is 1. The van der Waals surface area contributed by atoms with Gasteiger partial charge in [-0.15, -0.1) is 0 Å². The quantitative estimate of drug-likeness (QED) is 0.845. The highest BCUT2D eigenvalue weighted by Crippen LogP contribution is 2.32. The second-order valence-electron chi connectivity index (χ2n) is 7.26. The van der Waals surface area contributed by atoms with Crippen LogP contribution in [0.2, 0.25) is 0 Å². The molecule has 1 amide bonds. The summed E-state index contributed by atoms with van der Waals surface area (Å²) in [5.74, 6) is 2.37. The molecule has 0 radical (unpaired) electrons. The van der Waals surface area contributed by atoms with Crippen LogP contribution in [0.25, 0.3) is 0 Å². The monoisotopic (exact) mass is 351 g/mol. The smallest absolute Gasteiger partial charge is 0.228 e. The Bertz CT molecular complexity index is 715. The maximum Gasteiger partial charge on any atom is 0.228 e. The molecule has 4 rings (SSSR count). The number of carbonyl (C=O) groups excluding carboxylic acids is 1. The first-order valence-corrected chi connectivity index (χ1v) is 9.49. The molecule has 0 N–H and O–H groups in total. The molecule has 0 saturated carbocycles. The minimum atomic E-state index is 0.210. The number of hydrogen-bond acceptors (Lipinski definition) is 5. The molecule has 2 fully saturated rings. The van der Waals surface area contributed by atoms with Crippen LogP contribution in [0.1, 0.15) is 25.0 Å². The van der Waals surface area contributed by atoms with E-state index in [1.54, 1.807) is 18.6 Å². The van der Waals surface area contributed by atoms with Gasteiger partial charge in [0.05, 0.1) is 6.42 Å². The Morgan fingerprint density at radius 3 is 2.38 bits per heavy atom. The van der Waals surface area contributed by atoms with Crippen molar-refractivity contribution in [2.75, 3.05) is 31.1 Å². The van der Waals surface area contributed by atoms with Crippen molar-refractivity contribution in [1.82, 2.24) is 19.9 Å². The van der Waals surface area contributed by atoms with Crippen molar-refractivity contribution in [3.63, 3.8) is 0 Å². The molecule has 26 heavy (non-hydrogen) atoms. The van der Waals surface area contributed by atoms with E-state index < -0.39 is 0 Å². The molecule has 6 heteroatoms. The SMILES string of the molecule is O=C(Cc1ccccn1)N1CCC(C2CCN(c3ncccn3)CC2)C1. The highest BCUT2D eigenvalue weighted by atomic mass is 16.2. The first-order valence-electron chi connectivity index (χ1n) is 9.49. The third-order valence-electron chi connectivity index (χ3n) is 5.68. The van der Waals surface area contributed by atoms with Crippen molar-refractivity contribution in [3.8, 4) is 0 Å². The Hall–Kier alpha value is -2.50. The van der Waals surface area contributed by atoms with Gasteiger partial charge in [-0.3, -0.25) is 9.78 Å². The molecule has 0 aromatic carbocycles. The molecule has 4 heterocycles. The van der Waals surface area contributed by atoms with Crippen LogP contribution >= 0.6 is 0 Å². The van der Waals surface area contributed by atoms with E-state index in [-0.39, 0.29) is 5.91 Å². The molecule has 2 aliphatic heterocycles. The van der Waals surface area contributed by atoms with Gasteiger partial charge in [0.2, 0.25) is 11.9 Å². The number of nitrogens with zero attached hydrogens (tertiary/aromatic N) is 5. The van der Waals surface area contributed by atoms with Crippen molar-refractivity contribution in [1.29, 1.82) is 0 Å². The van der Waals surface area contributed by atoms with E-state index in [2.05, 4.69) is 19.9 Å². The summed E-state index contributed by atoms with van der Waals surface area (Å²) >= 11 is 0. The van der Waals surface area contributed by atoms with Gasteiger partial charge in [-0.1, -0.05) is 6.07 Å². The predicted molar refractivity (Wildman–Crippen MR) is 99.6 cm³/mol. The van der Waals surface area contributed by atoms with Crippen LogP contribution in [-0.2, 0) is 11.2 Å². The number of carbonyl (C=O) groups is 1. The summed E-state index contributed by atoms with van der Waals surface area (Å²) in [6, 6.07) is 7.59. The Labute approximate surface area is 154 Å². The van der Waals surface area contributed by atoms with Crippen molar-refractivity contribution in [3.05, 3.63) is 48.5 Å². The van der Waals surface area contributed by atoms with Gasteiger partial charge in [0.1, 0.15) is 0 Å². The maximum absolute atomic E-state index is 12.5. The lowest BCUT2D eigenvalue weighted by Crippen LogP contribution is -2.38. The normalized spacial score (nSPS) is 21.2. The highest BCUT2D eigenvalue weighted by Gasteiger charge is 2.34. The molecular formula is C20H25N5O. The van der Waals surface area contributed by atoms with Crippen molar-refractivity contribution >= 4 is 11.9 Å². The molecule has 0 aliphatic carbocycles. The number of piperidine rings is 1. The Morgan fingerprint density at radius 2 is 1.65 bits per heavy atom. The molecule has 1 atom stereocenters. The largest absolute Gasteiger partial charge is 0.342 e. The minimum absolute atomic E-state index is 0.210. The van der Waals surface area contributed by atoms with Crippen LogP contribution in [0.5, 0.6) is 0 Å². The molecule has 1 unspecified atom stereocenters. The molecule has 2 aromatic rings. The minimum Gasteiger partial charge on any atom is -0.342 e. The average molecular weight is 351 g/mol. The van der Waals surface area contributed by atoms with E-state index in [0.717, 1.165) is 57.1 Å². The lowest BCUT2D eigenvalue weighted by molar-refractivity contribution is -0.129. The van der Waals surface area contributed by atoms with E-state index in [4.69, 9.17) is 0 Å². The first kappa shape index (κ1) is 16.9. The van der Waals surface area contributed by atoms with Gasteiger partial charge in [0.15, 0.2) is 0 Å². The Kier molecular flexibility index (Phi) is 5.09. The summed E-state index contributed by atoms with van der Waals surface area (Å²) in [5, 5.41) is 0. The van der Waals surface area contributed by atoms with Crippen LogP contribution in [-0.4, -0.2) is 51.9 Å². The lowest BCUT2D eigenvalue weighted by atomic mass is 9.84.